The van der Waals surface area contributed by atoms with Gasteiger partial charge in [-0.25, -0.2) is 0 Å². The average molecular weight is 327 g/mol. The van der Waals surface area contributed by atoms with Crippen molar-refractivity contribution in [1.82, 2.24) is 0 Å². The quantitative estimate of drug-likeness (QED) is 0.693. The summed E-state index contributed by atoms with van der Waals surface area (Å²) in [5, 5.41) is 3.97. The van der Waals surface area contributed by atoms with Crippen LogP contribution in [0.1, 0.15) is 36.1 Å². The fourth-order valence-corrected chi connectivity index (χ4v) is 0.224. The summed E-state index contributed by atoms with van der Waals surface area (Å²) in [4.78, 5) is 0. The van der Waals surface area contributed by atoms with Crippen molar-refractivity contribution in [3.05, 3.63) is 5.32 Å². The maximum Gasteiger partial charge on any atom is 0 e. The number of rotatable bonds is 2. The molecule has 0 atom stereocenters. The van der Waals surface area contributed by atoms with Gasteiger partial charge >= 0.3 is 0 Å². The zero-order valence-corrected chi connectivity index (χ0v) is 8.25. The Morgan fingerprint density at radius 1 is 0.889 bits per heavy atom. The second kappa shape index (κ2) is 36.6. The molecule has 0 aromatic rings. The Balaban J connectivity index is -0.0000000133. The van der Waals surface area contributed by atoms with E-state index in [2.05, 4.69) is 5.32 Å². The van der Waals surface area contributed by atoms with E-state index in [-0.39, 0.29) is 49.6 Å². The van der Waals surface area contributed by atoms with Crippen molar-refractivity contribution in [1.29, 1.82) is 0 Å². The summed E-state index contributed by atoms with van der Waals surface area (Å²) in [6.45, 7) is 6.03. The van der Waals surface area contributed by atoms with E-state index < -0.39 is 0 Å². The van der Waals surface area contributed by atoms with Crippen molar-refractivity contribution in [2.24, 2.45) is 0 Å². The molecule has 0 aliphatic heterocycles. The van der Waals surface area contributed by atoms with Crippen molar-refractivity contribution >= 4 is 27.3 Å². The SMILES string of the molecule is C.C.C.CC[N-]CC.[Pb]. The first-order valence-corrected chi connectivity index (χ1v) is 2.05. The summed E-state index contributed by atoms with van der Waals surface area (Å²) in [7, 11) is 0. The van der Waals surface area contributed by atoms with Crippen LogP contribution in [0.15, 0.2) is 0 Å². The van der Waals surface area contributed by atoms with Crippen LogP contribution in [0.4, 0.5) is 0 Å². The van der Waals surface area contributed by atoms with Gasteiger partial charge in [-0.2, -0.15) is 13.1 Å². The van der Waals surface area contributed by atoms with Crippen molar-refractivity contribution in [2.75, 3.05) is 13.1 Å². The molecular formula is C7H22NPb-. The molecule has 0 rings (SSSR count). The summed E-state index contributed by atoms with van der Waals surface area (Å²) >= 11 is 0. The summed E-state index contributed by atoms with van der Waals surface area (Å²) in [5.41, 5.74) is 0. The molecule has 2 heteroatoms. The molecule has 0 saturated heterocycles. The van der Waals surface area contributed by atoms with Crippen LogP contribution in [0.25, 0.3) is 5.32 Å². The standard InChI is InChI=1S/C4H10N.3CH4.Pb/c1-3-5-4-2;;;;/h3-4H2,1-2H3;3*1H4;/q-1;;;;. The van der Waals surface area contributed by atoms with Gasteiger partial charge in [0.25, 0.3) is 0 Å². The molecule has 0 aromatic carbocycles. The molecule has 0 aliphatic carbocycles. The Morgan fingerprint density at radius 3 is 1.11 bits per heavy atom. The number of hydrogen-bond acceptors (Lipinski definition) is 0. The van der Waals surface area contributed by atoms with E-state index in [4.69, 9.17) is 0 Å². The molecule has 0 aromatic heterocycles. The van der Waals surface area contributed by atoms with Crippen LogP contribution in [0.3, 0.4) is 0 Å². The van der Waals surface area contributed by atoms with E-state index in [1.807, 2.05) is 13.8 Å². The smallest absolute Gasteiger partial charge is 0 e. The van der Waals surface area contributed by atoms with Crippen molar-refractivity contribution in [2.45, 2.75) is 36.1 Å². The minimum absolute atomic E-state index is 0. The van der Waals surface area contributed by atoms with Crippen LogP contribution in [-0.2, 0) is 0 Å². The minimum Gasteiger partial charge on any atom is -0.663 e. The third kappa shape index (κ3) is 50.6. The minimum atomic E-state index is 0. The van der Waals surface area contributed by atoms with Crippen molar-refractivity contribution in [3.8, 4) is 0 Å². The summed E-state index contributed by atoms with van der Waals surface area (Å²) in [6.07, 6.45) is 0. The first-order chi connectivity index (χ1) is 2.41. The molecule has 0 spiro atoms. The van der Waals surface area contributed by atoms with Gasteiger partial charge in [-0.3, -0.25) is 0 Å². The van der Waals surface area contributed by atoms with E-state index in [0.717, 1.165) is 13.1 Å². The Hall–Kier alpha value is 0.882. The van der Waals surface area contributed by atoms with E-state index in [0.29, 0.717) is 0 Å². The van der Waals surface area contributed by atoms with Crippen LogP contribution in [-0.4, -0.2) is 40.4 Å². The normalized spacial score (nSPS) is 4.67. The van der Waals surface area contributed by atoms with Gasteiger partial charge in [0.05, 0.1) is 0 Å². The van der Waals surface area contributed by atoms with E-state index in [9.17, 15) is 0 Å². The predicted molar refractivity (Wildman–Crippen MR) is 50.4 cm³/mol. The second-order valence-electron chi connectivity index (χ2n) is 0.856. The van der Waals surface area contributed by atoms with Crippen molar-refractivity contribution in [3.63, 3.8) is 0 Å². The molecule has 1 nitrogen and oxygen atoms in total. The summed E-state index contributed by atoms with van der Waals surface area (Å²) < 4.78 is 0. The van der Waals surface area contributed by atoms with Gasteiger partial charge in [0.1, 0.15) is 0 Å². The zero-order valence-electron chi connectivity index (χ0n) is 4.36. The molecule has 0 amide bonds. The van der Waals surface area contributed by atoms with Gasteiger partial charge in [0, 0.05) is 27.3 Å². The maximum atomic E-state index is 3.97. The Kier molecular flexibility index (Phi) is 133. The topological polar surface area (TPSA) is 14.1 Å². The van der Waals surface area contributed by atoms with Crippen LogP contribution in [0.5, 0.6) is 0 Å². The second-order valence-corrected chi connectivity index (χ2v) is 0.856. The third-order valence-corrected chi connectivity index (χ3v) is 0.447. The molecule has 0 bridgehead atoms. The fraction of sp³-hybridized carbons (Fsp3) is 1.00. The number of nitrogens with zero attached hydrogens (tertiary/aromatic N) is 1. The zero-order chi connectivity index (χ0) is 4.12. The van der Waals surface area contributed by atoms with Gasteiger partial charge in [0.2, 0.25) is 0 Å². The summed E-state index contributed by atoms with van der Waals surface area (Å²) in [6, 6.07) is 0. The molecule has 9 heavy (non-hydrogen) atoms. The van der Waals surface area contributed by atoms with Gasteiger partial charge in [-0.15, -0.1) is 0 Å². The molecule has 60 valence electrons. The molecule has 0 aliphatic rings. The van der Waals surface area contributed by atoms with Gasteiger partial charge in [-0.05, 0) is 0 Å². The largest absolute Gasteiger partial charge is 0.663 e. The van der Waals surface area contributed by atoms with E-state index >= 15 is 0 Å². The fourth-order valence-electron chi connectivity index (χ4n) is 0.224. The Bertz CT molecular complexity index is 16.4. The molecule has 0 heterocycles. The van der Waals surface area contributed by atoms with Gasteiger partial charge in [-0.1, -0.05) is 36.1 Å². The molecule has 0 fully saturated rings. The van der Waals surface area contributed by atoms with Crippen molar-refractivity contribution < 1.29 is 0 Å². The van der Waals surface area contributed by atoms with Crippen LogP contribution in [0, 0.1) is 0 Å². The Morgan fingerprint density at radius 2 is 1.11 bits per heavy atom. The van der Waals surface area contributed by atoms with Gasteiger partial charge < -0.3 is 5.32 Å². The average Bonchev–Trinajstić information content (AvgIpc) is 1.41. The maximum absolute atomic E-state index is 3.97. The third-order valence-electron chi connectivity index (χ3n) is 0.447. The monoisotopic (exact) mass is 328 g/mol. The molecule has 4 radical (unpaired) electrons. The first-order valence-electron chi connectivity index (χ1n) is 2.05. The first kappa shape index (κ1) is 32.7. The Labute approximate surface area is 81.8 Å². The predicted octanol–water partition coefficient (Wildman–Crippen LogP) is 2.93. The van der Waals surface area contributed by atoms with E-state index in [1.54, 1.807) is 0 Å². The van der Waals surface area contributed by atoms with Crippen LogP contribution in [0.2, 0.25) is 0 Å². The molecular weight excluding hydrogens is 305 g/mol. The molecule has 0 unspecified atom stereocenters. The molecule has 0 saturated carbocycles. The van der Waals surface area contributed by atoms with Crippen LogP contribution >= 0.6 is 0 Å². The van der Waals surface area contributed by atoms with E-state index in [1.165, 1.54) is 0 Å². The van der Waals surface area contributed by atoms with Crippen LogP contribution < -0.4 is 0 Å². The summed E-state index contributed by atoms with van der Waals surface area (Å²) in [5.74, 6) is 0. The number of hydrogen-bond donors (Lipinski definition) is 0. The van der Waals surface area contributed by atoms with Gasteiger partial charge in [0.15, 0.2) is 0 Å². The molecule has 0 N–H and O–H groups in total.